The van der Waals surface area contributed by atoms with E-state index in [1.165, 1.54) is 4.88 Å². The van der Waals surface area contributed by atoms with Crippen molar-refractivity contribution in [3.05, 3.63) is 81.9 Å². The van der Waals surface area contributed by atoms with Crippen LogP contribution in [0, 0.1) is 0 Å². The van der Waals surface area contributed by atoms with Gasteiger partial charge in [-0.2, -0.15) is 0 Å². The third-order valence-corrected chi connectivity index (χ3v) is 5.39. The Morgan fingerprint density at radius 2 is 2.04 bits per heavy atom. The molecule has 1 amide bonds. The number of amides is 1. The van der Waals surface area contributed by atoms with Crippen molar-refractivity contribution in [2.75, 3.05) is 6.54 Å². The molecule has 0 aliphatic carbocycles. The molecule has 0 atom stereocenters. The quantitative estimate of drug-likeness (QED) is 0.522. The number of hydrogen-bond donors (Lipinski definition) is 1. The Morgan fingerprint density at radius 1 is 1.14 bits per heavy atom. The number of benzene rings is 1. The molecular formula is C20H16ClN5OS. The summed E-state index contributed by atoms with van der Waals surface area (Å²) in [4.78, 5) is 18.2. The summed E-state index contributed by atoms with van der Waals surface area (Å²) in [7, 11) is 0. The second kappa shape index (κ2) is 8.33. The van der Waals surface area contributed by atoms with Gasteiger partial charge in [-0.25, -0.2) is 4.68 Å². The van der Waals surface area contributed by atoms with E-state index in [4.69, 9.17) is 11.6 Å². The van der Waals surface area contributed by atoms with Crippen LogP contribution < -0.4 is 5.32 Å². The third kappa shape index (κ3) is 3.81. The molecule has 0 saturated heterocycles. The Bertz CT molecular complexity index is 1080. The summed E-state index contributed by atoms with van der Waals surface area (Å²) in [6, 6.07) is 15.0. The van der Waals surface area contributed by atoms with E-state index in [9.17, 15) is 4.79 Å². The minimum atomic E-state index is -0.284. The van der Waals surface area contributed by atoms with E-state index in [1.807, 2.05) is 41.8 Å². The van der Waals surface area contributed by atoms with E-state index in [1.54, 1.807) is 40.5 Å². The second-order valence-corrected chi connectivity index (χ2v) is 7.42. The maximum atomic E-state index is 12.8. The first-order chi connectivity index (χ1) is 13.7. The molecule has 140 valence electrons. The van der Waals surface area contributed by atoms with E-state index < -0.39 is 0 Å². The predicted molar refractivity (Wildman–Crippen MR) is 110 cm³/mol. The van der Waals surface area contributed by atoms with Gasteiger partial charge in [-0.3, -0.25) is 9.78 Å². The standard InChI is InChI=1S/C20H16ClN5OS/c21-16-7-1-2-8-17(16)26-19(14-5-3-10-22-13-14)18(24-25-26)20(27)23-11-9-15-6-4-12-28-15/h1-8,10,12-13H,9,11H2,(H,23,27). The average Bonchev–Trinajstić information content (AvgIpc) is 3.39. The molecule has 0 spiro atoms. The lowest BCUT2D eigenvalue weighted by molar-refractivity contribution is 0.0950. The average molecular weight is 410 g/mol. The molecule has 4 aromatic rings. The van der Waals surface area contributed by atoms with Gasteiger partial charge in [0.1, 0.15) is 5.69 Å². The molecule has 3 heterocycles. The predicted octanol–water partition coefficient (Wildman–Crippen LogP) is 4.02. The highest BCUT2D eigenvalue weighted by atomic mass is 35.5. The van der Waals surface area contributed by atoms with Gasteiger partial charge in [-0.15, -0.1) is 16.4 Å². The summed E-state index contributed by atoms with van der Waals surface area (Å²) >= 11 is 8.01. The van der Waals surface area contributed by atoms with Crippen LogP contribution in [0.3, 0.4) is 0 Å². The first-order valence-corrected chi connectivity index (χ1v) is 9.91. The SMILES string of the molecule is O=C(NCCc1cccs1)c1nnn(-c2ccccc2Cl)c1-c1cccnc1. The fourth-order valence-corrected chi connectivity index (χ4v) is 3.75. The number of thiophene rings is 1. The number of rotatable bonds is 6. The van der Waals surface area contributed by atoms with E-state index in [-0.39, 0.29) is 11.6 Å². The van der Waals surface area contributed by atoms with Gasteiger partial charge in [0, 0.05) is 29.4 Å². The van der Waals surface area contributed by atoms with Crippen LogP contribution >= 0.6 is 22.9 Å². The fraction of sp³-hybridized carbons (Fsp3) is 0.100. The van der Waals surface area contributed by atoms with Crippen molar-refractivity contribution >= 4 is 28.8 Å². The first kappa shape index (κ1) is 18.3. The molecule has 3 aromatic heterocycles. The zero-order valence-electron chi connectivity index (χ0n) is 14.7. The van der Waals surface area contributed by atoms with Crippen molar-refractivity contribution in [1.29, 1.82) is 0 Å². The van der Waals surface area contributed by atoms with Gasteiger partial charge >= 0.3 is 0 Å². The number of nitrogens with one attached hydrogen (secondary N) is 1. The van der Waals surface area contributed by atoms with Crippen LogP contribution in [0.1, 0.15) is 15.4 Å². The molecule has 0 saturated carbocycles. The maximum Gasteiger partial charge on any atom is 0.274 e. The van der Waals surface area contributed by atoms with E-state index in [0.29, 0.717) is 22.9 Å². The second-order valence-electron chi connectivity index (χ2n) is 5.98. The van der Waals surface area contributed by atoms with Gasteiger partial charge in [0.15, 0.2) is 5.69 Å². The summed E-state index contributed by atoms with van der Waals surface area (Å²) in [6.45, 7) is 0.519. The van der Waals surface area contributed by atoms with Gasteiger partial charge in [0.2, 0.25) is 0 Å². The van der Waals surface area contributed by atoms with Crippen LogP contribution in [0.25, 0.3) is 16.9 Å². The molecule has 0 aliphatic rings. The highest BCUT2D eigenvalue weighted by Crippen LogP contribution is 2.28. The van der Waals surface area contributed by atoms with Gasteiger partial charge < -0.3 is 5.32 Å². The minimum absolute atomic E-state index is 0.235. The summed E-state index contributed by atoms with van der Waals surface area (Å²) in [5.74, 6) is -0.284. The van der Waals surface area contributed by atoms with Crippen LogP contribution in [-0.2, 0) is 6.42 Å². The van der Waals surface area contributed by atoms with Crippen molar-refractivity contribution in [2.45, 2.75) is 6.42 Å². The molecule has 0 bridgehead atoms. The zero-order valence-corrected chi connectivity index (χ0v) is 16.3. The molecule has 0 aliphatic heterocycles. The number of hydrogen-bond acceptors (Lipinski definition) is 5. The van der Waals surface area contributed by atoms with E-state index in [0.717, 1.165) is 12.0 Å². The number of carbonyl (C=O) groups excluding carboxylic acids is 1. The Kier molecular flexibility index (Phi) is 5.45. The maximum absolute atomic E-state index is 12.8. The van der Waals surface area contributed by atoms with Crippen molar-refractivity contribution in [3.8, 4) is 16.9 Å². The first-order valence-electron chi connectivity index (χ1n) is 8.65. The highest BCUT2D eigenvalue weighted by Gasteiger charge is 2.23. The number of nitrogens with zero attached hydrogens (tertiary/aromatic N) is 4. The number of aromatic nitrogens is 4. The number of pyridine rings is 1. The largest absolute Gasteiger partial charge is 0.350 e. The van der Waals surface area contributed by atoms with Crippen LogP contribution in [0.4, 0.5) is 0 Å². The number of para-hydroxylation sites is 1. The summed E-state index contributed by atoms with van der Waals surface area (Å²) in [5.41, 5.74) is 2.16. The van der Waals surface area contributed by atoms with Crippen molar-refractivity contribution in [1.82, 2.24) is 25.3 Å². The summed E-state index contributed by atoms with van der Waals surface area (Å²) in [5, 5.41) is 13.8. The normalized spacial score (nSPS) is 10.8. The van der Waals surface area contributed by atoms with E-state index >= 15 is 0 Å². The third-order valence-electron chi connectivity index (χ3n) is 4.14. The van der Waals surface area contributed by atoms with Gasteiger partial charge in [0.25, 0.3) is 5.91 Å². The lowest BCUT2D eigenvalue weighted by Gasteiger charge is -2.09. The van der Waals surface area contributed by atoms with Crippen LogP contribution in [0.5, 0.6) is 0 Å². The zero-order chi connectivity index (χ0) is 19.3. The van der Waals surface area contributed by atoms with Gasteiger partial charge in [-0.05, 0) is 42.1 Å². The fourth-order valence-electron chi connectivity index (χ4n) is 2.83. The molecular weight excluding hydrogens is 394 g/mol. The monoisotopic (exact) mass is 409 g/mol. The van der Waals surface area contributed by atoms with Crippen molar-refractivity contribution < 1.29 is 4.79 Å². The lowest BCUT2D eigenvalue weighted by atomic mass is 10.1. The van der Waals surface area contributed by atoms with Gasteiger partial charge in [-0.1, -0.05) is 35.0 Å². The molecule has 6 nitrogen and oxygen atoms in total. The van der Waals surface area contributed by atoms with Crippen LogP contribution in [0.15, 0.2) is 66.3 Å². The van der Waals surface area contributed by atoms with Crippen LogP contribution in [0.2, 0.25) is 5.02 Å². The molecule has 28 heavy (non-hydrogen) atoms. The lowest BCUT2D eigenvalue weighted by Crippen LogP contribution is -2.26. The highest BCUT2D eigenvalue weighted by molar-refractivity contribution is 7.09. The molecule has 0 unspecified atom stereocenters. The Labute approximate surface area is 170 Å². The molecule has 0 fully saturated rings. The van der Waals surface area contributed by atoms with E-state index in [2.05, 4.69) is 20.6 Å². The molecule has 4 rings (SSSR count). The molecule has 0 radical (unpaired) electrons. The number of halogens is 1. The molecule has 1 aromatic carbocycles. The van der Waals surface area contributed by atoms with Gasteiger partial charge in [0.05, 0.1) is 10.7 Å². The molecule has 8 heteroatoms. The minimum Gasteiger partial charge on any atom is -0.350 e. The van der Waals surface area contributed by atoms with Crippen molar-refractivity contribution in [2.24, 2.45) is 0 Å². The number of carbonyl (C=O) groups is 1. The van der Waals surface area contributed by atoms with Crippen LogP contribution in [-0.4, -0.2) is 32.4 Å². The topological polar surface area (TPSA) is 72.7 Å². The summed E-state index contributed by atoms with van der Waals surface area (Å²) < 4.78 is 1.58. The Morgan fingerprint density at radius 3 is 2.79 bits per heavy atom. The molecule has 1 N–H and O–H groups in total. The summed E-state index contributed by atoms with van der Waals surface area (Å²) in [6.07, 6.45) is 4.12. The Hall–Kier alpha value is -3.03. The van der Waals surface area contributed by atoms with Crippen molar-refractivity contribution in [3.63, 3.8) is 0 Å². The smallest absolute Gasteiger partial charge is 0.274 e. The Balaban J connectivity index is 1.67.